The van der Waals surface area contributed by atoms with Crippen molar-refractivity contribution in [1.82, 2.24) is 9.88 Å². The number of anilines is 1. The van der Waals surface area contributed by atoms with Crippen molar-refractivity contribution in [2.75, 3.05) is 24.5 Å². The third-order valence-corrected chi connectivity index (χ3v) is 4.59. The van der Waals surface area contributed by atoms with E-state index in [9.17, 15) is 9.90 Å². The molecule has 1 N–H and O–H groups in total. The standard InChI is InChI=1S/C18H23N3O2/c1-18(2,3)16-12-20(10-11-21(16)17(22)23)15-8-9-19-14-7-5-4-6-13(14)15/h4-9,16H,10-12H2,1-3H3,(H,22,23). The van der Waals surface area contributed by atoms with Crippen LogP contribution in [-0.2, 0) is 0 Å². The number of rotatable bonds is 1. The van der Waals surface area contributed by atoms with Gasteiger partial charge >= 0.3 is 6.09 Å². The van der Waals surface area contributed by atoms with E-state index in [1.807, 2.05) is 30.5 Å². The van der Waals surface area contributed by atoms with Gasteiger partial charge in [-0.05, 0) is 17.5 Å². The Labute approximate surface area is 136 Å². The summed E-state index contributed by atoms with van der Waals surface area (Å²) in [6, 6.07) is 10.1. The van der Waals surface area contributed by atoms with Crippen LogP contribution in [0.25, 0.3) is 10.9 Å². The summed E-state index contributed by atoms with van der Waals surface area (Å²) in [6.07, 6.45) is 0.997. The van der Waals surface area contributed by atoms with Crippen molar-refractivity contribution < 1.29 is 9.90 Å². The smallest absolute Gasteiger partial charge is 0.407 e. The lowest BCUT2D eigenvalue weighted by Crippen LogP contribution is -2.59. The third kappa shape index (κ3) is 2.96. The Balaban J connectivity index is 1.96. The molecule has 0 bridgehead atoms. The van der Waals surface area contributed by atoms with Gasteiger partial charge in [-0.2, -0.15) is 0 Å². The first-order valence-corrected chi connectivity index (χ1v) is 7.96. The Morgan fingerprint density at radius 2 is 1.96 bits per heavy atom. The Kier molecular flexibility index (Phi) is 3.88. The fraction of sp³-hybridized carbons (Fsp3) is 0.444. The van der Waals surface area contributed by atoms with E-state index in [1.54, 1.807) is 4.90 Å². The molecule has 1 saturated heterocycles. The van der Waals surface area contributed by atoms with Gasteiger partial charge in [0.1, 0.15) is 0 Å². The Hall–Kier alpha value is -2.30. The number of pyridine rings is 1. The van der Waals surface area contributed by atoms with Crippen molar-refractivity contribution in [2.24, 2.45) is 5.41 Å². The maximum Gasteiger partial charge on any atom is 0.407 e. The van der Waals surface area contributed by atoms with Gasteiger partial charge in [-0.3, -0.25) is 4.98 Å². The molecule has 1 atom stereocenters. The topological polar surface area (TPSA) is 56.7 Å². The summed E-state index contributed by atoms with van der Waals surface area (Å²) in [6.45, 7) is 8.22. The molecular formula is C18H23N3O2. The Morgan fingerprint density at radius 1 is 1.22 bits per heavy atom. The van der Waals surface area contributed by atoms with Crippen molar-refractivity contribution in [2.45, 2.75) is 26.8 Å². The van der Waals surface area contributed by atoms with Gasteiger partial charge in [0, 0.05) is 36.9 Å². The van der Waals surface area contributed by atoms with Crippen LogP contribution in [-0.4, -0.2) is 46.8 Å². The molecule has 23 heavy (non-hydrogen) atoms. The zero-order valence-electron chi connectivity index (χ0n) is 13.9. The summed E-state index contributed by atoms with van der Waals surface area (Å²) in [4.78, 5) is 19.9. The molecule has 122 valence electrons. The quantitative estimate of drug-likeness (QED) is 0.876. The highest BCUT2D eigenvalue weighted by Crippen LogP contribution is 2.32. The molecule has 1 unspecified atom stereocenters. The summed E-state index contributed by atoms with van der Waals surface area (Å²) < 4.78 is 0. The second-order valence-electron chi connectivity index (χ2n) is 7.15. The minimum Gasteiger partial charge on any atom is -0.465 e. The van der Waals surface area contributed by atoms with Crippen LogP contribution in [0.1, 0.15) is 20.8 Å². The largest absolute Gasteiger partial charge is 0.465 e. The normalized spacial score (nSPS) is 19.2. The molecule has 1 amide bonds. The number of amides is 1. The van der Waals surface area contributed by atoms with Gasteiger partial charge < -0.3 is 14.9 Å². The number of hydrogen-bond acceptors (Lipinski definition) is 3. The minimum absolute atomic E-state index is 0.0410. The zero-order valence-corrected chi connectivity index (χ0v) is 13.9. The Bertz CT molecular complexity index is 718. The van der Waals surface area contributed by atoms with Gasteiger partial charge in [-0.25, -0.2) is 4.79 Å². The maximum atomic E-state index is 11.6. The highest BCUT2D eigenvalue weighted by Gasteiger charge is 2.38. The van der Waals surface area contributed by atoms with Crippen molar-refractivity contribution in [3.05, 3.63) is 36.5 Å². The van der Waals surface area contributed by atoms with Crippen molar-refractivity contribution in [3.8, 4) is 0 Å². The molecule has 1 aliphatic rings. The van der Waals surface area contributed by atoms with Crippen LogP contribution >= 0.6 is 0 Å². The molecule has 0 aliphatic carbocycles. The lowest BCUT2D eigenvalue weighted by Gasteiger charge is -2.46. The van der Waals surface area contributed by atoms with E-state index in [0.717, 1.165) is 16.6 Å². The number of hydrogen-bond donors (Lipinski definition) is 1. The van der Waals surface area contributed by atoms with Crippen molar-refractivity contribution >= 4 is 22.7 Å². The molecule has 2 heterocycles. The van der Waals surface area contributed by atoms with E-state index in [1.165, 1.54) is 0 Å². The van der Waals surface area contributed by atoms with Crippen LogP contribution in [0.3, 0.4) is 0 Å². The monoisotopic (exact) mass is 313 g/mol. The number of aromatic nitrogens is 1. The van der Waals surface area contributed by atoms with Crippen LogP contribution in [0.2, 0.25) is 0 Å². The first-order valence-electron chi connectivity index (χ1n) is 7.96. The van der Waals surface area contributed by atoms with E-state index < -0.39 is 6.09 Å². The average Bonchev–Trinajstić information content (AvgIpc) is 2.53. The highest BCUT2D eigenvalue weighted by molar-refractivity contribution is 5.91. The highest BCUT2D eigenvalue weighted by atomic mass is 16.4. The van der Waals surface area contributed by atoms with Crippen LogP contribution in [0.15, 0.2) is 36.5 Å². The van der Waals surface area contributed by atoms with E-state index >= 15 is 0 Å². The number of benzene rings is 1. The third-order valence-electron chi connectivity index (χ3n) is 4.59. The molecule has 5 nitrogen and oxygen atoms in total. The lowest BCUT2D eigenvalue weighted by molar-refractivity contribution is 0.0749. The molecule has 0 saturated carbocycles. The average molecular weight is 313 g/mol. The van der Waals surface area contributed by atoms with Crippen LogP contribution < -0.4 is 4.90 Å². The molecule has 1 aliphatic heterocycles. The van der Waals surface area contributed by atoms with Gasteiger partial charge in [0.2, 0.25) is 0 Å². The number of fused-ring (bicyclic) bond motifs is 1. The van der Waals surface area contributed by atoms with Crippen LogP contribution in [0.4, 0.5) is 10.5 Å². The van der Waals surface area contributed by atoms with Crippen molar-refractivity contribution in [1.29, 1.82) is 0 Å². The van der Waals surface area contributed by atoms with Crippen LogP contribution in [0.5, 0.6) is 0 Å². The van der Waals surface area contributed by atoms with Gasteiger partial charge in [0.15, 0.2) is 0 Å². The first-order chi connectivity index (χ1) is 10.9. The number of carboxylic acid groups (broad SMARTS) is 1. The Morgan fingerprint density at radius 3 is 2.65 bits per heavy atom. The number of piperazine rings is 1. The summed E-state index contributed by atoms with van der Waals surface area (Å²) in [7, 11) is 0. The van der Waals surface area contributed by atoms with E-state index in [-0.39, 0.29) is 11.5 Å². The molecule has 0 spiro atoms. The summed E-state index contributed by atoms with van der Waals surface area (Å²) in [5.41, 5.74) is 1.99. The second-order valence-corrected chi connectivity index (χ2v) is 7.15. The number of carbonyl (C=O) groups is 1. The summed E-state index contributed by atoms with van der Waals surface area (Å²) in [5.74, 6) is 0. The molecule has 0 radical (unpaired) electrons. The van der Waals surface area contributed by atoms with E-state index in [4.69, 9.17) is 0 Å². The van der Waals surface area contributed by atoms with E-state index in [0.29, 0.717) is 19.6 Å². The summed E-state index contributed by atoms with van der Waals surface area (Å²) in [5, 5.41) is 10.6. The molecular weight excluding hydrogens is 290 g/mol. The SMILES string of the molecule is CC(C)(C)C1CN(c2ccnc3ccccc23)CCN1C(=O)O. The fourth-order valence-corrected chi connectivity index (χ4v) is 3.33. The van der Waals surface area contributed by atoms with Crippen LogP contribution in [0, 0.1) is 5.41 Å². The van der Waals surface area contributed by atoms with Gasteiger partial charge in [0.25, 0.3) is 0 Å². The predicted octanol–water partition coefficient (Wildman–Crippen LogP) is 3.45. The molecule has 5 heteroatoms. The molecule has 3 rings (SSSR count). The van der Waals surface area contributed by atoms with Crippen molar-refractivity contribution in [3.63, 3.8) is 0 Å². The summed E-state index contributed by atoms with van der Waals surface area (Å²) >= 11 is 0. The molecule has 1 aromatic heterocycles. The van der Waals surface area contributed by atoms with E-state index in [2.05, 4.69) is 36.7 Å². The van der Waals surface area contributed by atoms with Gasteiger partial charge in [-0.1, -0.05) is 39.0 Å². The molecule has 2 aromatic rings. The lowest BCUT2D eigenvalue weighted by atomic mass is 9.84. The first kappa shape index (κ1) is 15.6. The minimum atomic E-state index is -0.829. The number of para-hydroxylation sites is 1. The molecule has 1 fully saturated rings. The zero-order chi connectivity index (χ0) is 16.6. The maximum absolute atomic E-state index is 11.6. The predicted molar refractivity (Wildman–Crippen MR) is 91.9 cm³/mol. The van der Waals surface area contributed by atoms with Gasteiger partial charge in [-0.15, -0.1) is 0 Å². The molecule has 1 aromatic carbocycles. The fourth-order valence-electron chi connectivity index (χ4n) is 3.33. The second kappa shape index (κ2) is 5.72. The number of nitrogens with zero attached hydrogens (tertiary/aromatic N) is 3. The van der Waals surface area contributed by atoms with Gasteiger partial charge in [0.05, 0.1) is 11.6 Å².